The van der Waals surface area contributed by atoms with Crippen LogP contribution in [-0.4, -0.2) is 44.1 Å². The second-order valence-electron chi connectivity index (χ2n) is 5.47. The summed E-state index contributed by atoms with van der Waals surface area (Å²) < 4.78 is 30.2. The Hall–Kier alpha value is -2.26. The van der Waals surface area contributed by atoms with Crippen LogP contribution in [0.4, 0.5) is 0 Å². The quantitative estimate of drug-likeness (QED) is 0.705. The average molecular weight is 334 g/mol. The molecule has 0 amide bonds. The van der Waals surface area contributed by atoms with Gasteiger partial charge in [0, 0.05) is 45.1 Å². The van der Waals surface area contributed by atoms with Gasteiger partial charge in [-0.05, 0) is 13.0 Å². The summed E-state index contributed by atoms with van der Waals surface area (Å²) >= 11 is 0. The normalized spacial score (nSPS) is 12.4. The number of sulfonamides is 1. The van der Waals surface area contributed by atoms with Crippen molar-refractivity contribution in [1.82, 2.24) is 28.6 Å². The lowest BCUT2D eigenvalue weighted by Gasteiger charge is -2.16. The summed E-state index contributed by atoms with van der Waals surface area (Å²) in [6, 6.07) is 1.62. The van der Waals surface area contributed by atoms with E-state index in [0.717, 1.165) is 11.1 Å². The van der Waals surface area contributed by atoms with E-state index in [2.05, 4.69) is 15.1 Å². The van der Waals surface area contributed by atoms with E-state index < -0.39 is 10.0 Å². The van der Waals surface area contributed by atoms with Gasteiger partial charge in [-0.3, -0.25) is 4.68 Å². The molecule has 3 aromatic heterocycles. The highest BCUT2D eigenvalue weighted by molar-refractivity contribution is 7.89. The van der Waals surface area contributed by atoms with E-state index in [9.17, 15) is 8.42 Å². The molecule has 0 bridgehead atoms. The minimum Gasteiger partial charge on any atom is -0.337 e. The molecular weight excluding hydrogens is 316 g/mol. The largest absolute Gasteiger partial charge is 0.337 e. The van der Waals surface area contributed by atoms with E-state index in [1.54, 1.807) is 34.8 Å². The van der Waals surface area contributed by atoms with Crippen molar-refractivity contribution in [2.24, 2.45) is 14.1 Å². The van der Waals surface area contributed by atoms with Crippen molar-refractivity contribution >= 4 is 21.1 Å². The third-order valence-corrected chi connectivity index (χ3v) is 5.60. The van der Waals surface area contributed by atoms with Crippen LogP contribution in [0.2, 0.25) is 0 Å². The molecule has 0 saturated carbocycles. The van der Waals surface area contributed by atoms with Crippen molar-refractivity contribution in [1.29, 1.82) is 0 Å². The van der Waals surface area contributed by atoms with Crippen molar-refractivity contribution in [2.75, 3.05) is 7.05 Å². The Kier molecular flexibility index (Phi) is 3.69. The minimum atomic E-state index is -3.65. The first-order valence-electron chi connectivity index (χ1n) is 7.02. The Balaban J connectivity index is 1.98. The highest BCUT2D eigenvalue weighted by Crippen LogP contribution is 2.22. The van der Waals surface area contributed by atoms with Gasteiger partial charge in [0.25, 0.3) is 0 Å². The molecule has 3 rings (SSSR count). The summed E-state index contributed by atoms with van der Waals surface area (Å²) in [6.45, 7) is 2.02. The molecule has 0 saturated heterocycles. The summed E-state index contributed by atoms with van der Waals surface area (Å²) in [5, 5.41) is 5.00. The van der Waals surface area contributed by atoms with Gasteiger partial charge < -0.3 is 4.57 Å². The molecule has 23 heavy (non-hydrogen) atoms. The lowest BCUT2D eigenvalue weighted by Crippen LogP contribution is -2.27. The van der Waals surface area contributed by atoms with Crippen molar-refractivity contribution in [3.05, 3.63) is 36.2 Å². The molecule has 0 fully saturated rings. The van der Waals surface area contributed by atoms with Crippen molar-refractivity contribution in [2.45, 2.75) is 18.4 Å². The second kappa shape index (κ2) is 5.43. The van der Waals surface area contributed by atoms with Crippen LogP contribution >= 0.6 is 0 Å². The Morgan fingerprint density at radius 3 is 2.65 bits per heavy atom. The molecule has 3 aromatic rings. The number of rotatable bonds is 4. The maximum Gasteiger partial charge on any atom is 0.244 e. The molecule has 0 spiro atoms. The fraction of sp³-hybridized carbons (Fsp3) is 0.357. The van der Waals surface area contributed by atoms with Crippen molar-refractivity contribution in [3.63, 3.8) is 0 Å². The molecule has 0 radical (unpaired) electrons. The Morgan fingerprint density at radius 2 is 2.00 bits per heavy atom. The fourth-order valence-electron chi connectivity index (χ4n) is 2.44. The number of aryl methyl sites for hydroxylation is 3. The second-order valence-corrected chi connectivity index (χ2v) is 7.51. The molecule has 0 unspecified atom stereocenters. The average Bonchev–Trinajstić information content (AvgIpc) is 3.03. The maximum atomic E-state index is 12.8. The fourth-order valence-corrected chi connectivity index (χ4v) is 3.54. The van der Waals surface area contributed by atoms with Gasteiger partial charge in [-0.1, -0.05) is 0 Å². The highest BCUT2D eigenvalue weighted by Gasteiger charge is 2.23. The van der Waals surface area contributed by atoms with Crippen LogP contribution in [0.1, 0.15) is 11.5 Å². The lowest BCUT2D eigenvalue weighted by molar-refractivity contribution is 0.451. The van der Waals surface area contributed by atoms with Gasteiger partial charge in [0.2, 0.25) is 10.0 Å². The number of fused-ring (bicyclic) bond motifs is 1. The molecule has 0 aliphatic rings. The maximum absolute atomic E-state index is 12.8. The van der Waals surface area contributed by atoms with Crippen LogP contribution in [0.3, 0.4) is 0 Å². The number of hydrogen-bond acceptors (Lipinski definition) is 5. The first-order valence-corrected chi connectivity index (χ1v) is 8.46. The van der Waals surface area contributed by atoms with Gasteiger partial charge in [0.05, 0.1) is 12.2 Å². The van der Waals surface area contributed by atoms with Gasteiger partial charge >= 0.3 is 0 Å². The van der Waals surface area contributed by atoms with Crippen LogP contribution in [0.25, 0.3) is 11.0 Å². The number of pyridine rings is 1. The van der Waals surface area contributed by atoms with Crippen LogP contribution in [0, 0.1) is 6.92 Å². The molecule has 122 valence electrons. The summed E-state index contributed by atoms with van der Waals surface area (Å²) in [7, 11) is 1.49. The minimum absolute atomic E-state index is 0.151. The zero-order chi connectivity index (χ0) is 16.8. The Labute approximate surface area is 134 Å². The molecule has 0 N–H and O–H groups in total. The third-order valence-electron chi connectivity index (χ3n) is 3.83. The van der Waals surface area contributed by atoms with E-state index in [4.69, 9.17) is 0 Å². The predicted molar refractivity (Wildman–Crippen MR) is 85.1 cm³/mol. The highest BCUT2D eigenvalue weighted by atomic mass is 32.2. The van der Waals surface area contributed by atoms with Crippen LogP contribution in [-0.2, 0) is 30.7 Å². The third kappa shape index (κ3) is 2.62. The van der Waals surface area contributed by atoms with E-state index in [1.165, 1.54) is 17.5 Å². The number of hydrogen-bond donors (Lipinski definition) is 0. The molecule has 9 heteroatoms. The molecule has 8 nitrogen and oxygen atoms in total. The standard InChI is InChI=1S/C14H18N6O2S/c1-10-12-7-11(8-16-14(12)20(4)17-10)23(21,22)19(3)9-13-15-5-6-18(13)2/h5-8H,9H2,1-4H3. The summed E-state index contributed by atoms with van der Waals surface area (Å²) in [5.41, 5.74) is 1.41. The van der Waals surface area contributed by atoms with Crippen LogP contribution in [0.15, 0.2) is 29.6 Å². The van der Waals surface area contributed by atoms with Crippen LogP contribution in [0.5, 0.6) is 0 Å². The Morgan fingerprint density at radius 1 is 1.26 bits per heavy atom. The first kappa shape index (κ1) is 15.6. The first-order chi connectivity index (χ1) is 10.8. The monoisotopic (exact) mass is 334 g/mol. The van der Waals surface area contributed by atoms with E-state index in [-0.39, 0.29) is 11.4 Å². The molecule has 3 heterocycles. The molecule has 0 atom stereocenters. The number of aromatic nitrogens is 5. The molecule has 0 aliphatic carbocycles. The molecule has 0 aliphatic heterocycles. The van der Waals surface area contributed by atoms with Gasteiger partial charge in [0.15, 0.2) is 5.65 Å². The topological polar surface area (TPSA) is 85.9 Å². The number of nitrogens with zero attached hydrogens (tertiary/aromatic N) is 6. The summed E-state index contributed by atoms with van der Waals surface area (Å²) in [6.07, 6.45) is 4.79. The van der Waals surface area contributed by atoms with E-state index >= 15 is 0 Å². The predicted octanol–water partition coefficient (Wildman–Crippen LogP) is 0.831. The van der Waals surface area contributed by atoms with Crippen molar-refractivity contribution in [3.8, 4) is 0 Å². The lowest BCUT2D eigenvalue weighted by atomic mass is 10.3. The van der Waals surface area contributed by atoms with Gasteiger partial charge in [0.1, 0.15) is 10.7 Å². The smallest absolute Gasteiger partial charge is 0.244 e. The van der Waals surface area contributed by atoms with Gasteiger partial charge in [-0.15, -0.1) is 0 Å². The summed E-state index contributed by atoms with van der Waals surface area (Å²) in [5.74, 6) is 0.669. The van der Waals surface area contributed by atoms with E-state index in [0.29, 0.717) is 11.5 Å². The van der Waals surface area contributed by atoms with E-state index in [1.807, 2.05) is 14.0 Å². The van der Waals surface area contributed by atoms with Crippen molar-refractivity contribution < 1.29 is 8.42 Å². The molecule has 0 aromatic carbocycles. The SMILES string of the molecule is Cc1nn(C)c2ncc(S(=O)(=O)N(C)Cc3nccn3C)cc12. The zero-order valence-electron chi connectivity index (χ0n) is 13.4. The van der Waals surface area contributed by atoms with Gasteiger partial charge in [-0.25, -0.2) is 18.4 Å². The molecular formula is C14H18N6O2S. The number of imidazole rings is 1. The Bertz CT molecular complexity index is 972. The van der Waals surface area contributed by atoms with Gasteiger partial charge in [-0.2, -0.15) is 9.40 Å². The summed E-state index contributed by atoms with van der Waals surface area (Å²) in [4.78, 5) is 8.55. The van der Waals surface area contributed by atoms with Crippen LogP contribution < -0.4 is 0 Å². The zero-order valence-corrected chi connectivity index (χ0v) is 14.2.